The molecule has 2 aromatic carbocycles. The third-order valence-corrected chi connectivity index (χ3v) is 3.10. The van der Waals surface area contributed by atoms with E-state index >= 15 is 0 Å². The molecule has 0 spiro atoms. The summed E-state index contributed by atoms with van der Waals surface area (Å²) in [6.07, 6.45) is 3.68. The van der Waals surface area contributed by atoms with E-state index in [1.54, 1.807) is 16.9 Å². The number of aromatic nitrogens is 2. The topological polar surface area (TPSA) is 50.1 Å². The van der Waals surface area contributed by atoms with E-state index in [-0.39, 0.29) is 5.75 Å². The molecule has 5 heteroatoms. The van der Waals surface area contributed by atoms with E-state index in [2.05, 4.69) is 10.4 Å². The Hall–Kier alpha value is -2.82. The van der Waals surface area contributed by atoms with Crippen molar-refractivity contribution in [3.05, 3.63) is 72.3 Å². The van der Waals surface area contributed by atoms with Crippen molar-refractivity contribution < 1.29 is 9.50 Å². The summed E-state index contributed by atoms with van der Waals surface area (Å²) in [5, 5.41) is 16.5. The van der Waals surface area contributed by atoms with Crippen LogP contribution in [0, 0.1) is 5.82 Å². The van der Waals surface area contributed by atoms with Crippen LogP contribution < -0.4 is 5.32 Å². The molecule has 0 bridgehead atoms. The molecule has 0 unspecified atom stereocenters. The molecule has 0 fully saturated rings. The lowest BCUT2D eigenvalue weighted by Crippen LogP contribution is -1.99. The lowest BCUT2D eigenvalue weighted by Gasteiger charge is -2.05. The molecule has 0 aliphatic heterocycles. The van der Waals surface area contributed by atoms with Crippen LogP contribution in [0.15, 0.2) is 60.9 Å². The Kier molecular flexibility index (Phi) is 3.55. The minimum atomic E-state index is -0.639. The maximum Gasteiger partial charge on any atom is 0.166 e. The molecule has 0 aliphatic carbocycles. The Morgan fingerprint density at radius 2 is 1.95 bits per heavy atom. The first-order chi connectivity index (χ1) is 10.2. The molecule has 0 saturated heterocycles. The summed E-state index contributed by atoms with van der Waals surface area (Å²) in [7, 11) is 0. The second-order valence-corrected chi connectivity index (χ2v) is 4.65. The van der Waals surface area contributed by atoms with Crippen molar-refractivity contribution in [2.45, 2.75) is 6.54 Å². The standard InChI is InChI=1S/C16H14FN3O/c17-15-8-13(6-7-16(15)21)18-9-12-10-19-20(11-12)14-4-2-1-3-5-14/h1-8,10-11,18,21H,9H2. The van der Waals surface area contributed by atoms with Crippen molar-refractivity contribution in [1.29, 1.82) is 0 Å². The van der Waals surface area contributed by atoms with E-state index < -0.39 is 5.82 Å². The SMILES string of the molecule is Oc1ccc(NCc2cnn(-c3ccccc3)c2)cc1F. The second-order valence-electron chi connectivity index (χ2n) is 4.65. The van der Waals surface area contributed by atoms with Crippen molar-refractivity contribution in [2.75, 3.05) is 5.32 Å². The number of benzene rings is 2. The molecule has 3 rings (SSSR count). The van der Waals surface area contributed by atoms with E-state index in [1.807, 2.05) is 36.5 Å². The van der Waals surface area contributed by atoms with Gasteiger partial charge in [0.15, 0.2) is 11.6 Å². The summed E-state index contributed by atoms with van der Waals surface area (Å²) in [6.45, 7) is 0.525. The number of rotatable bonds is 4. The Morgan fingerprint density at radius 3 is 2.71 bits per heavy atom. The number of hydrogen-bond acceptors (Lipinski definition) is 3. The number of hydrogen-bond donors (Lipinski definition) is 2. The zero-order valence-electron chi connectivity index (χ0n) is 11.2. The van der Waals surface area contributed by atoms with E-state index in [4.69, 9.17) is 5.11 Å². The van der Waals surface area contributed by atoms with Crippen molar-refractivity contribution in [3.63, 3.8) is 0 Å². The predicted octanol–water partition coefficient (Wildman–Crippen LogP) is 3.33. The largest absolute Gasteiger partial charge is 0.505 e. The van der Waals surface area contributed by atoms with Gasteiger partial charge in [-0.1, -0.05) is 18.2 Å². The molecular weight excluding hydrogens is 269 g/mol. The minimum absolute atomic E-state index is 0.350. The van der Waals surface area contributed by atoms with Gasteiger partial charge < -0.3 is 10.4 Å². The Balaban J connectivity index is 1.69. The number of phenols is 1. The number of nitrogens with zero attached hydrogens (tertiary/aromatic N) is 2. The molecule has 0 atom stereocenters. The normalized spacial score (nSPS) is 10.5. The second kappa shape index (κ2) is 5.66. The smallest absolute Gasteiger partial charge is 0.166 e. The Bertz CT molecular complexity index is 740. The van der Waals surface area contributed by atoms with E-state index in [0.717, 1.165) is 11.3 Å². The first-order valence-corrected chi connectivity index (χ1v) is 6.54. The molecule has 21 heavy (non-hydrogen) atoms. The van der Waals surface area contributed by atoms with Crippen LogP contribution in [0.5, 0.6) is 5.75 Å². The van der Waals surface area contributed by atoms with Gasteiger partial charge >= 0.3 is 0 Å². The third-order valence-electron chi connectivity index (χ3n) is 3.10. The van der Waals surface area contributed by atoms with Gasteiger partial charge in [-0.25, -0.2) is 9.07 Å². The first kappa shape index (κ1) is 13.2. The van der Waals surface area contributed by atoms with Gasteiger partial charge in [-0.05, 0) is 24.3 Å². The molecule has 0 radical (unpaired) electrons. The maximum atomic E-state index is 13.2. The average molecular weight is 283 g/mol. The van der Waals surface area contributed by atoms with Crippen LogP contribution in [0.4, 0.5) is 10.1 Å². The quantitative estimate of drug-likeness (QED) is 0.722. The van der Waals surface area contributed by atoms with Gasteiger partial charge in [0, 0.05) is 30.1 Å². The Labute approximate surface area is 121 Å². The number of halogens is 1. The fourth-order valence-corrected chi connectivity index (χ4v) is 1.99. The molecule has 1 aromatic heterocycles. The van der Waals surface area contributed by atoms with Crippen LogP contribution in [0.2, 0.25) is 0 Å². The molecule has 106 valence electrons. The zero-order chi connectivity index (χ0) is 14.7. The van der Waals surface area contributed by atoms with Crippen LogP contribution in [-0.4, -0.2) is 14.9 Å². The highest BCUT2D eigenvalue weighted by Crippen LogP contribution is 2.20. The third kappa shape index (κ3) is 3.02. The fraction of sp³-hybridized carbons (Fsp3) is 0.0625. The summed E-state index contributed by atoms with van der Waals surface area (Å²) in [6, 6.07) is 14.0. The van der Waals surface area contributed by atoms with Crippen LogP contribution in [0.25, 0.3) is 5.69 Å². The number of phenolic OH excluding ortho intramolecular Hbond substituents is 1. The predicted molar refractivity (Wildman–Crippen MR) is 79.0 cm³/mol. The first-order valence-electron chi connectivity index (χ1n) is 6.54. The molecule has 4 nitrogen and oxygen atoms in total. The number of nitrogens with one attached hydrogen (secondary N) is 1. The van der Waals surface area contributed by atoms with E-state index in [0.29, 0.717) is 12.2 Å². The van der Waals surface area contributed by atoms with Gasteiger partial charge in [-0.15, -0.1) is 0 Å². The van der Waals surface area contributed by atoms with Gasteiger partial charge in [0.2, 0.25) is 0 Å². The molecule has 1 heterocycles. The Morgan fingerprint density at radius 1 is 1.14 bits per heavy atom. The summed E-state index contributed by atoms with van der Waals surface area (Å²) in [5.41, 5.74) is 2.57. The van der Waals surface area contributed by atoms with Gasteiger partial charge in [0.05, 0.1) is 11.9 Å². The molecule has 3 aromatic rings. The van der Waals surface area contributed by atoms with Gasteiger partial charge in [0.1, 0.15) is 0 Å². The number of aromatic hydroxyl groups is 1. The van der Waals surface area contributed by atoms with E-state index in [9.17, 15) is 4.39 Å². The van der Waals surface area contributed by atoms with Crippen molar-refractivity contribution >= 4 is 5.69 Å². The summed E-state index contributed by atoms with van der Waals surface area (Å²) in [4.78, 5) is 0. The van der Waals surface area contributed by atoms with Crippen molar-refractivity contribution in [1.82, 2.24) is 9.78 Å². The van der Waals surface area contributed by atoms with Crippen LogP contribution in [-0.2, 0) is 6.54 Å². The monoisotopic (exact) mass is 283 g/mol. The molecule has 0 amide bonds. The number of anilines is 1. The van der Waals surface area contributed by atoms with Crippen molar-refractivity contribution in [3.8, 4) is 11.4 Å². The maximum absolute atomic E-state index is 13.2. The number of para-hydroxylation sites is 1. The highest BCUT2D eigenvalue weighted by atomic mass is 19.1. The molecule has 0 aliphatic rings. The zero-order valence-corrected chi connectivity index (χ0v) is 11.2. The minimum Gasteiger partial charge on any atom is -0.505 e. The highest BCUT2D eigenvalue weighted by molar-refractivity contribution is 5.47. The fourth-order valence-electron chi connectivity index (χ4n) is 1.99. The lowest BCUT2D eigenvalue weighted by molar-refractivity contribution is 0.432. The summed E-state index contributed by atoms with van der Waals surface area (Å²) < 4.78 is 15.0. The van der Waals surface area contributed by atoms with Gasteiger partial charge in [-0.2, -0.15) is 5.10 Å². The lowest BCUT2D eigenvalue weighted by atomic mass is 10.2. The summed E-state index contributed by atoms with van der Waals surface area (Å²) in [5.74, 6) is -0.988. The summed E-state index contributed by atoms with van der Waals surface area (Å²) >= 11 is 0. The molecule has 0 saturated carbocycles. The van der Waals surface area contributed by atoms with Crippen molar-refractivity contribution in [2.24, 2.45) is 0 Å². The van der Waals surface area contributed by atoms with Crippen LogP contribution >= 0.6 is 0 Å². The average Bonchev–Trinajstić information content (AvgIpc) is 2.98. The van der Waals surface area contributed by atoms with Gasteiger partial charge in [0.25, 0.3) is 0 Å². The molecule has 2 N–H and O–H groups in total. The highest BCUT2D eigenvalue weighted by Gasteiger charge is 2.03. The van der Waals surface area contributed by atoms with Crippen LogP contribution in [0.3, 0.4) is 0 Å². The van der Waals surface area contributed by atoms with Crippen LogP contribution in [0.1, 0.15) is 5.56 Å². The van der Waals surface area contributed by atoms with E-state index in [1.165, 1.54) is 12.1 Å². The molecular formula is C16H14FN3O. The van der Waals surface area contributed by atoms with Gasteiger partial charge in [-0.3, -0.25) is 0 Å².